The molecule has 4 nitrogen and oxygen atoms in total. The number of fused-ring (bicyclic) bond motifs is 1. The number of carbonyl (C=O) groups is 1. The van der Waals surface area contributed by atoms with Crippen molar-refractivity contribution in [1.82, 2.24) is 15.2 Å². The molecule has 2 aromatic rings. The van der Waals surface area contributed by atoms with E-state index in [9.17, 15) is 4.79 Å². The van der Waals surface area contributed by atoms with E-state index in [-0.39, 0.29) is 11.9 Å². The van der Waals surface area contributed by atoms with E-state index in [0.717, 1.165) is 61.7 Å². The maximum atomic E-state index is 13.5. The van der Waals surface area contributed by atoms with Crippen LogP contribution in [0.15, 0.2) is 30.5 Å². The van der Waals surface area contributed by atoms with Gasteiger partial charge >= 0.3 is 0 Å². The highest BCUT2D eigenvalue weighted by atomic mass is 32.1. The molecule has 1 aliphatic heterocycles. The summed E-state index contributed by atoms with van der Waals surface area (Å²) in [5.74, 6) is 0.923. The first-order valence-corrected chi connectivity index (χ1v) is 11.1. The molecular formula is C22H29N3OS. The molecule has 2 unspecified atom stereocenters. The van der Waals surface area contributed by atoms with Gasteiger partial charge in [0.2, 0.25) is 0 Å². The van der Waals surface area contributed by atoms with E-state index in [0.29, 0.717) is 6.54 Å². The van der Waals surface area contributed by atoms with Gasteiger partial charge in [0.05, 0.1) is 17.1 Å². The largest absolute Gasteiger partial charge is 0.329 e. The Kier molecular flexibility index (Phi) is 5.89. The summed E-state index contributed by atoms with van der Waals surface area (Å²) < 4.78 is 0. The van der Waals surface area contributed by atoms with E-state index in [1.54, 1.807) is 11.3 Å². The van der Waals surface area contributed by atoms with Crippen LogP contribution in [0, 0.1) is 5.92 Å². The van der Waals surface area contributed by atoms with Crippen LogP contribution in [0.4, 0.5) is 0 Å². The number of hydrogen-bond acceptors (Lipinski definition) is 4. The van der Waals surface area contributed by atoms with Crippen LogP contribution in [0.3, 0.4) is 0 Å². The standard InChI is InChI=1S/C22H29N3OS/c1-16-7-8-20-17(13-16)14-21(27-20)22(26)25(15-18-5-2-3-11-24-18)19-6-4-10-23-12-9-19/h2-3,5,11,14,16,19,23H,4,6-10,12-13,15H2,1H3. The second-order valence-electron chi connectivity index (χ2n) is 8.00. The number of carbonyl (C=O) groups excluding carboxylic acids is 1. The second-order valence-corrected chi connectivity index (χ2v) is 9.13. The smallest absolute Gasteiger partial charge is 0.264 e. The van der Waals surface area contributed by atoms with Gasteiger partial charge in [-0.05, 0) is 81.3 Å². The number of aryl methyl sites for hydroxylation is 1. The lowest BCUT2D eigenvalue weighted by Crippen LogP contribution is -2.40. The molecule has 0 spiro atoms. The van der Waals surface area contributed by atoms with Gasteiger partial charge in [-0.15, -0.1) is 11.3 Å². The lowest BCUT2D eigenvalue weighted by atomic mass is 9.90. The Labute approximate surface area is 166 Å². The summed E-state index contributed by atoms with van der Waals surface area (Å²) in [6.07, 6.45) is 8.50. The highest BCUT2D eigenvalue weighted by Crippen LogP contribution is 2.33. The lowest BCUT2D eigenvalue weighted by molar-refractivity contribution is 0.0647. The molecule has 1 amide bonds. The van der Waals surface area contributed by atoms with Crippen LogP contribution in [-0.2, 0) is 19.4 Å². The molecule has 1 saturated heterocycles. The summed E-state index contributed by atoms with van der Waals surface area (Å²) in [7, 11) is 0. The molecule has 0 aromatic carbocycles. The van der Waals surface area contributed by atoms with E-state index in [1.165, 1.54) is 16.9 Å². The van der Waals surface area contributed by atoms with Crippen molar-refractivity contribution >= 4 is 17.2 Å². The molecule has 2 atom stereocenters. The lowest BCUT2D eigenvalue weighted by Gasteiger charge is -2.30. The molecule has 2 aliphatic rings. The Morgan fingerprint density at radius 3 is 3.07 bits per heavy atom. The first-order chi connectivity index (χ1) is 13.2. The van der Waals surface area contributed by atoms with Crippen LogP contribution in [-0.4, -0.2) is 34.9 Å². The van der Waals surface area contributed by atoms with Crippen LogP contribution >= 0.6 is 11.3 Å². The molecule has 1 aliphatic carbocycles. The molecule has 3 heterocycles. The van der Waals surface area contributed by atoms with E-state index in [1.807, 2.05) is 24.4 Å². The van der Waals surface area contributed by atoms with Crippen molar-refractivity contribution < 1.29 is 4.79 Å². The molecule has 1 fully saturated rings. The fraction of sp³-hybridized carbons (Fsp3) is 0.545. The number of nitrogens with zero attached hydrogens (tertiary/aromatic N) is 2. The van der Waals surface area contributed by atoms with Crippen LogP contribution in [0.5, 0.6) is 0 Å². The highest BCUT2D eigenvalue weighted by molar-refractivity contribution is 7.14. The van der Waals surface area contributed by atoms with Gasteiger partial charge in [-0.3, -0.25) is 9.78 Å². The number of aromatic nitrogens is 1. The number of amides is 1. The molecule has 4 rings (SSSR count). The molecular weight excluding hydrogens is 354 g/mol. The minimum atomic E-state index is 0.194. The zero-order valence-electron chi connectivity index (χ0n) is 16.1. The molecule has 27 heavy (non-hydrogen) atoms. The summed E-state index contributed by atoms with van der Waals surface area (Å²) in [6.45, 7) is 4.94. The predicted octanol–water partition coefficient (Wildman–Crippen LogP) is 4.05. The molecule has 2 aromatic heterocycles. The van der Waals surface area contributed by atoms with E-state index >= 15 is 0 Å². The van der Waals surface area contributed by atoms with Crippen molar-refractivity contribution in [3.8, 4) is 0 Å². The number of nitrogens with one attached hydrogen (secondary N) is 1. The predicted molar refractivity (Wildman–Crippen MR) is 110 cm³/mol. The molecule has 0 bridgehead atoms. The maximum Gasteiger partial charge on any atom is 0.264 e. The zero-order valence-corrected chi connectivity index (χ0v) is 16.9. The van der Waals surface area contributed by atoms with Gasteiger partial charge in [-0.25, -0.2) is 0 Å². The zero-order chi connectivity index (χ0) is 18.6. The van der Waals surface area contributed by atoms with Crippen molar-refractivity contribution in [2.45, 2.75) is 58.0 Å². The summed E-state index contributed by atoms with van der Waals surface area (Å²) >= 11 is 1.73. The van der Waals surface area contributed by atoms with Crippen molar-refractivity contribution in [2.75, 3.05) is 13.1 Å². The van der Waals surface area contributed by atoms with Gasteiger partial charge in [0.1, 0.15) is 0 Å². The van der Waals surface area contributed by atoms with Crippen molar-refractivity contribution in [1.29, 1.82) is 0 Å². The van der Waals surface area contributed by atoms with Gasteiger partial charge in [-0.1, -0.05) is 13.0 Å². The molecule has 1 N–H and O–H groups in total. The van der Waals surface area contributed by atoms with Crippen LogP contribution < -0.4 is 5.32 Å². The number of rotatable bonds is 4. The third-order valence-electron chi connectivity index (χ3n) is 5.85. The Bertz CT molecular complexity index is 765. The Morgan fingerprint density at radius 2 is 2.22 bits per heavy atom. The Hall–Kier alpha value is -1.72. The average Bonchev–Trinajstić information content (AvgIpc) is 2.92. The van der Waals surface area contributed by atoms with Crippen LogP contribution in [0.25, 0.3) is 0 Å². The van der Waals surface area contributed by atoms with E-state index in [2.05, 4.69) is 28.2 Å². The number of hydrogen-bond donors (Lipinski definition) is 1. The van der Waals surface area contributed by atoms with Crippen molar-refractivity contribution in [3.63, 3.8) is 0 Å². The summed E-state index contributed by atoms with van der Waals surface area (Å²) in [5, 5.41) is 3.47. The monoisotopic (exact) mass is 383 g/mol. The first kappa shape index (κ1) is 18.6. The first-order valence-electron chi connectivity index (χ1n) is 10.2. The van der Waals surface area contributed by atoms with Gasteiger partial charge in [-0.2, -0.15) is 0 Å². The SMILES string of the molecule is CC1CCc2sc(C(=O)N(Cc3ccccn3)C3CCCNCC3)cc2C1. The minimum absolute atomic E-state index is 0.194. The Balaban J connectivity index is 1.59. The normalized spacial score (nSPS) is 22.7. The fourth-order valence-corrected chi connectivity index (χ4v) is 5.46. The maximum absolute atomic E-state index is 13.5. The molecule has 0 radical (unpaired) electrons. The fourth-order valence-electron chi connectivity index (χ4n) is 4.30. The van der Waals surface area contributed by atoms with Gasteiger partial charge in [0, 0.05) is 17.1 Å². The topological polar surface area (TPSA) is 45.2 Å². The van der Waals surface area contributed by atoms with Crippen LogP contribution in [0.2, 0.25) is 0 Å². The highest BCUT2D eigenvalue weighted by Gasteiger charge is 2.29. The summed E-state index contributed by atoms with van der Waals surface area (Å²) in [5.41, 5.74) is 2.38. The van der Waals surface area contributed by atoms with E-state index in [4.69, 9.17) is 0 Å². The summed E-state index contributed by atoms with van der Waals surface area (Å²) in [4.78, 5) is 22.5. The van der Waals surface area contributed by atoms with Gasteiger partial charge in [0.25, 0.3) is 5.91 Å². The Morgan fingerprint density at radius 1 is 1.30 bits per heavy atom. The molecule has 5 heteroatoms. The minimum Gasteiger partial charge on any atom is -0.329 e. The third kappa shape index (κ3) is 4.41. The van der Waals surface area contributed by atoms with Crippen LogP contribution in [0.1, 0.15) is 58.4 Å². The van der Waals surface area contributed by atoms with Gasteiger partial charge in [0.15, 0.2) is 0 Å². The third-order valence-corrected chi connectivity index (χ3v) is 7.07. The van der Waals surface area contributed by atoms with Crippen molar-refractivity contribution in [3.05, 3.63) is 51.5 Å². The van der Waals surface area contributed by atoms with E-state index < -0.39 is 0 Å². The quantitative estimate of drug-likeness (QED) is 0.866. The van der Waals surface area contributed by atoms with Gasteiger partial charge < -0.3 is 10.2 Å². The molecule has 144 valence electrons. The van der Waals surface area contributed by atoms with Crippen molar-refractivity contribution in [2.24, 2.45) is 5.92 Å². The number of thiophene rings is 1. The average molecular weight is 384 g/mol. The summed E-state index contributed by atoms with van der Waals surface area (Å²) in [6, 6.07) is 8.42. The second kappa shape index (κ2) is 8.53. The number of pyridine rings is 1. The molecule has 0 saturated carbocycles.